The second-order valence-electron chi connectivity index (χ2n) is 10.3. The summed E-state index contributed by atoms with van der Waals surface area (Å²) in [7, 11) is -4.04. The molecule has 0 radical (unpaired) electrons. The number of anilines is 1. The number of aryl methyl sites for hydroxylation is 2. The van der Waals surface area contributed by atoms with Gasteiger partial charge in [-0.25, -0.2) is 18.6 Å². The van der Waals surface area contributed by atoms with Crippen LogP contribution in [0.1, 0.15) is 43.0 Å². The Labute approximate surface area is 235 Å². The smallest absolute Gasteiger partial charge is 0.344 e. The van der Waals surface area contributed by atoms with Crippen molar-refractivity contribution in [2.45, 2.75) is 52.0 Å². The molecular weight excluding hydrogens is 530 g/mol. The van der Waals surface area contributed by atoms with Crippen LogP contribution in [0.4, 0.5) is 5.69 Å². The Morgan fingerprint density at radius 1 is 0.950 bits per heavy atom. The maximum absolute atomic E-state index is 13.6. The predicted molar refractivity (Wildman–Crippen MR) is 155 cm³/mol. The molecule has 3 aromatic carbocycles. The fourth-order valence-electron chi connectivity index (χ4n) is 3.65. The Balaban J connectivity index is 1.69. The second-order valence-corrected chi connectivity index (χ2v) is 12.1. The van der Waals surface area contributed by atoms with Crippen LogP contribution in [0.15, 0.2) is 76.7 Å². The molecule has 0 saturated carbocycles. The van der Waals surface area contributed by atoms with Crippen LogP contribution in [0.3, 0.4) is 0 Å². The van der Waals surface area contributed by atoms with E-state index in [1.807, 2.05) is 26.8 Å². The van der Waals surface area contributed by atoms with Crippen LogP contribution in [0.2, 0.25) is 0 Å². The molecule has 0 aliphatic carbocycles. The number of carbonyl (C=O) groups excluding carboxylic acids is 2. The topological polar surface area (TPSA) is 114 Å². The standard InChI is InChI=1S/C30H35N3O6S/c1-21-10-16-26(17-11-21)40(36,37)33(27-9-7-8-22(2)23(27)3)19-28(34)32-31-18-24-12-14-25(15-13-24)38-20-29(35)39-30(4,5)6/h7-18H,19-20H2,1-6H3,(H,32,34)/b31-18-. The molecule has 0 heterocycles. The molecule has 1 N–H and O–H groups in total. The first-order valence-electron chi connectivity index (χ1n) is 12.7. The third kappa shape index (κ3) is 8.41. The van der Waals surface area contributed by atoms with Crippen molar-refractivity contribution in [3.8, 4) is 5.75 Å². The third-order valence-electron chi connectivity index (χ3n) is 5.80. The summed E-state index contributed by atoms with van der Waals surface area (Å²) in [6, 6.07) is 18.5. The van der Waals surface area contributed by atoms with Gasteiger partial charge in [-0.15, -0.1) is 0 Å². The van der Waals surface area contributed by atoms with E-state index in [0.29, 0.717) is 17.0 Å². The van der Waals surface area contributed by atoms with Gasteiger partial charge in [-0.05, 0) is 101 Å². The lowest BCUT2D eigenvalue weighted by atomic mass is 10.1. The van der Waals surface area contributed by atoms with Crippen LogP contribution in [-0.4, -0.2) is 45.3 Å². The van der Waals surface area contributed by atoms with Crippen LogP contribution in [0, 0.1) is 20.8 Å². The van der Waals surface area contributed by atoms with E-state index in [1.165, 1.54) is 18.3 Å². The van der Waals surface area contributed by atoms with E-state index in [4.69, 9.17) is 9.47 Å². The van der Waals surface area contributed by atoms with Crippen molar-refractivity contribution in [3.63, 3.8) is 0 Å². The van der Waals surface area contributed by atoms with Gasteiger partial charge in [0.2, 0.25) is 0 Å². The summed E-state index contributed by atoms with van der Waals surface area (Å²) in [5.41, 5.74) is 5.47. The lowest BCUT2D eigenvalue weighted by Gasteiger charge is -2.26. The molecule has 3 rings (SSSR count). The van der Waals surface area contributed by atoms with Gasteiger partial charge in [0.25, 0.3) is 15.9 Å². The Kier molecular flexibility index (Phi) is 9.70. The number of nitrogens with zero attached hydrogens (tertiary/aromatic N) is 2. The van der Waals surface area contributed by atoms with E-state index >= 15 is 0 Å². The molecule has 0 spiro atoms. The van der Waals surface area contributed by atoms with E-state index in [9.17, 15) is 18.0 Å². The molecule has 40 heavy (non-hydrogen) atoms. The number of hydrogen-bond donors (Lipinski definition) is 1. The number of carbonyl (C=O) groups is 2. The first kappa shape index (κ1) is 30.4. The van der Waals surface area contributed by atoms with Gasteiger partial charge in [-0.1, -0.05) is 29.8 Å². The van der Waals surface area contributed by atoms with Crippen LogP contribution in [0.5, 0.6) is 5.75 Å². The number of hydrazone groups is 1. The van der Waals surface area contributed by atoms with E-state index in [-0.39, 0.29) is 11.5 Å². The molecule has 9 nitrogen and oxygen atoms in total. The van der Waals surface area contributed by atoms with Crippen LogP contribution < -0.4 is 14.5 Å². The number of amides is 1. The lowest BCUT2D eigenvalue weighted by molar-refractivity contribution is -0.157. The molecule has 0 fully saturated rings. The van der Waals surface area contributed by atoms with E-state index in [1.54, 1.807) is 69.3 Å². The van der Waals surface area contributed by atoms with Crippen molar-refractivity contribution in [1.82, 2.24) is 5.43 Å². The molecule has 0 aliphatic heterocycles. The lowest BCUT2D eigenvalue weighted by Crippen LogP contribution is -2.40. The highest BCUT2D eigenvalue weighted by atomic mass is 32.2. The van der Waals surface area contributed by atoms with Crippen LogP contribution in [0.25, 0.3) is 0 Å². The zero-order valence-electron chi connectivity index (χ0n) is 23.6. The Bertz CT molecular complexity index is 1480. The van der Waals surface area contributed by atoms with Gasteiger partial charge in [0.05, 0.1) is 16.8 Å². The maximum atomic E-state index is 13.6. The Hall–Kier alpha value is -4.18. The molecule has 3 aromatic rings. The zero-order valence-corrected chi connectivity index (χ0v) is 24.4. The summed E-state index contributed by atoms with van der Waals surface area (Å²) < 4.78 is 38.9. The van der Waals surface area contributed by atoms with Gasteiger partial charge in [0.15, 0.2) is 6.61 Å². The quantitative estimate of drug-likeness (QED) is 0.217. The summed E-state index contributed by atoms with van der Waals surface area (Å²) in [5.74, 6) is -0.608. The van der Waals surface area contributed by atoms with Gasteiger partial charge in [0.1, 0.15) is 17.9 Å². The maximum Gasteiger partial charge on any atom is 0.344 e. The Morgan fingerprint density at radius 3 is 2.23 bits per heavy atom. The number of hydrogen-bond acceptors (Lipinski definition) is 7. The van der Waals surface area contributed by atoms with Gasteiger partial charge < -0.3 is 9.47 Å². The third-order valence-corrected chi connectivity index (χ3v) is 7.57. The largest absolute Gasteiger partial charge is 0.482 e. The first-order chi connectivity index (χ1) is 18.8. The van der Waals surface area contributed by atoms with Crippen molar-refractivity contribution in [3.05, 3.63) is 89.0 Å². The molecule has 0 saturated heterocycles. The highest BCUT2D eigenvalue weighted by Gasteiger charge is 2.28. The molecule has 0 atom stereocenters. The van der Waals surface area contributed by atoms with Crippen molar-refractivity contribution in [2.24, 2.45) is 5.10 Å². The summed E-state index contributed by atoms with van der Waals surface area (Å²) >= 11 is 0. The number of sulfonamides is 1. The number of esters is 1. The SMILES string of the molecule is Cc1ccc(S(=O)(=O)N(CC(=O)N/N=C\c2ccc(OCC(=O)OC(C)(C)C)cc2)c2cccc(C)c2C)cc1. The van der Waals surface area contributed by atoms with Gasteiger partial charge in [-0.2, -0.15) is 5.10 Å². The van der Waals surface area contributed by atoms with Crippen molar-refractivity contribution in [2.75, 3.05) is 17.5 Å². The van der Waals surface area contributed by atoms with E-state index in [0.717, 1.165) is 21.0 Å². The highest BCUT2D eigenvalue weighted by Crippen LogP contribution is 2.28. The fraction of sp³-hybridized carbons (Fsp3) is 0.300. The first-order valence-corrected chi connectivity index (χ1v) is 14.1. The summed E-state index contributed by atoms with van der Waals surface area (Å²) in [5, 5.41) is 3.98. The van der Waals surface area contributed by atoms with Crippen molar-refractivity contribution < 1.29 is 27.5 Å². The van der Waals surface area contributed by atoms with Crippen molar-refractivity contribution >= 4 is 33.8 Å². The molecule has 212 valence electrons. The predicted octanol–water partition coefficient (Wildman–Crippen LogP) is 4.68. The molecular formula is C30H35N3O6S. The van der Waals surface area contributed by atoms with Crippen LogP contribution >= 0.6 is 0 Å². The fourth-order valence-corrected chi connectivity index (χ4v) is 5.13. The van der Waals surface area contributed by atoms with E-state index in [2.05, 4.69) is 10.5 Å². The molecule has 0 aromatic heterocycles. The number of rotatable bonds is 10. The molecule has 0 unspecified atom stereocenters. The molecule has 0 aliphatic rings. The summed E-state index contributed by atoms with van der Waals surface area (Å²) in [6.07, 6.45) is 1.42. The minimum atomic E-state index is -4.04. The number of nitrogens with one attached hydrogen (secondary N) is 1. The minimum Gasteiger partial charge on any atom is -0.482 e. The zero-order chi connectivity index (χ0) is 29.5. The minimum absolute atomic E-state index is 0.0873. The number of benzene rings is 3. The monoisotopic (exact) mass is 565 g/mol. The van der Waals surface area contributed by atoms with E-state index < -0.39 is 34.0 Å². The van der Waals surface area contributed by atoms with Crippen molar-refractivity contribution in [1.29, 1.82) is 0 Å². The molecule has 1 amide bonds. The Morgan fingerprint density at radius 2 is 1.60 bits per heavy atom. The van der Waals surface area contributed by atoms with Gasteiger partial charge in [0, 0.05) is 0 Å². The average molecular weight is 566 g/mol. The number of ether oxygens (including phenoxy) is 2. The molecule has 10 heteroatoms. The van der Waals surface area contributed by atoms with Gasteiger partial charge in [-0.3, -0.25) is 9.10 Å². The second kappa shape index (κ2) is 12.8. The summed E-state index contributed by atoms with van der Waals surface area (Å²) in [4.78, 5) is 24.8. The summed E-state index contributed by atoms with van der Waals surface area (Å²) in [6.45, 7) is 10.2. The molecule has 0 bridgehead atoms. The average Bonchev–Trinajstić information content (AvgIpc) is 2.88. The van der Waals surface area contributed by atoms with Gasteiger partial charge >= 0.3 is 5.97 Å². The highest BCUT2D eigenvalue weighted by molar-refractivity contribution is 7.92. The normalized spacial score (nSPS) is 11.8. The van der Waals surface area contributed by atoms with Crippen LogP contribution in [-0.2, 0) is 24.3 Å².